The molecule has 136 valence electrons. The van der Waals surface area contributed by atoms with E-state index in [0.29, 0.717) is 5.02 Å². The second-order valence-corrected chi connectivity index (χ2v) is 5.76. The normalized spacial score (nSPS) is 10.7. The number of hydrogen-bond donors (Lipinski definition) is 1. The number of anilines is 1. The largest absolute Gasteiger partial charge is 0.452 e. The van der Waals surface area contributed by atoms with E-state index in [1.807, 2.05) is 18.2 Å². The monoisotopic (exact) mass is 383 g/mol. The van der Waals surface area contributed by atoms with Crippen molar-refractivity contribution in [3.8, 4) is 11.5 Å². The number of nitrogens with zero attached hydrogens (tertiary/aromatic N) is 2. The van der Waals surface area contributed by atoms with Crippen LogP contribution in [0.1, 0.15) is 5.56 Å². The van der Waals surface area contributed by atoms with Crippen molar-refractivity contribution >= 4 is 35.6 Å². The van der Waals surface area contributed by atoms with Gasteiger partial charge in [-0.3, -0.25) is 10.1 Å². The number of esters is 1. The van der Waals surface area contributed by atoms with Crippen molar-refractivity contribution in [2.45, 2.75) is 0 Å². The Morgan fingerprint density at radius 2 is 1.81 bits per heavy atom. The molecule has 1 amide bonds. The lowest BCUT2D eigenvalue weighted by Crippen LogP contribution is -2.20. The molecule has 0 saturated heterocycles. The highest BCUT2D eigenvalue weighted by atomic mass is 35.5. The SMILES string of the molecule is O=C(COC(=O)/C=C/c1ccc(Cl)cc1)Nc1nnc(-c2ccccc2)o1. The molecule has 1 heterocycles. The molecule has 1 N–H and O–H groups in total. The van der Waals surface area contributed by atoms with Crippen molar-refractivity contribution in [1.82, 2.24) is 10.2 Å². The molecule has 8 heteroatoms. The number of benzene rings is 2. The first-order valence-corrected chi connectivity index (χ1v) is 8.27. The standard InChI is InChI=1S/C19H14ClN3O4/c20-15-9-6-13(7-10-15)8-11-17(25)26-12-16(24)21-19-23-22-18(27-19)14-4-2-1-3-5-14/h1-11H,12H2,(H,21,23,24)/b11-8+. The van der Waals surface area contributed by atoms with Crippen LogP contribution in [0, 0.1) is 0 Å². The number of rotatable bonds is 6. The molecule has 0 fully saturated rings. The predicted octanol–water partition coefficient (Wildman–Crippen LogP) is 3.59. The fourth-order valence-electron chi connectivity index (χ4n) is 2.05. The summed E-state index contributed by atoms with van der Waals surface area (Å²) in [6.07, 6.45) is 2.78. The van der Waals surface area contributed by atoms with E-state index < -0.39 is 18.5 Å². The van der Waals surface area contributed by atoms with Gasteiger partial charge in [0.15, 0.2) is 6.61 Å². The summed E-state index contributed by atoms with van der Waals surface area (Å²) < 4.78 is 10.2. The Balaban J connectivity index is 1.47. The Kier molecular flexibility index (Phi) is 5.96. The molecule has 7 nitrogen and oxygen atoms in total. The van der Waals surface area contributed by atoms with Crippen LogP contribution in [0.15, 0.2) is 65.1 Å². The predicted molar refractivity (Wildman–Crippen MR) is 99.8 cm³/mol. The lowest BCUT2D eigenvalue weighted by atomic mass is 10.2. The van der Waals surface area contributed by atoms with Crippen molar-refractivity contribution < 1.29 is 18.7 Å². The van der Waals surface area contributed by atoms with E-state index in [4.69, 9.17) is 20.8 Å². The van der Waals surface area contributed by atoms with E-state index in [1.54, 1.807) is 42.5 Å². The molecule has 0 saturated carbocycles. The molecule has 0 atom stereocenters. The molecule has 0 aliphatic rings. The Hall–Kier alpha value is -3.45. The van der Waals surface area contributed by atoms with Crippen LogP contribution < -0.4 is 5.32 Å². The van der Waals surface area contributed by atoms with Crippen LogP contribution in [0.4, 0.5) is 6.01 Å². The number of carbonyl (C=O) groups excluding carboxylic acids is 2. The molecule has 0 unspecified atom stereocenters. The summed E-state index contributed by atoms with van der Waals surface area (Å²) in [6.45, 7) is -0.479. The minimum absolute atomic E-state index is 0.0772. The highest BCUT2D eigenvalue weighted by Crippen LogP contribution is 2.18. The minimum atomic E-state index is -0.657. The molecule has 0 radical (unpaired) electrons. The number of halogens is 1. The number of carbonyl (C=O) groups is 2. The molecule has 2 aromatic carbocycles. The molecule has 0 aliphatic carbocycles. The molecule has 3 rings (SSSR count). The van der Waals surface area contributed by atoms with E-state index in [1.165, 1.54) is 6.08 Å². The van der Waals surface area contributed by atoms with Gasteiger partial charge in [0.2, 0.25) is 5.89 Å². The number of amides is 1. The summed E-state index contributed by atoms with van der Waals surface area (Å²) in [6, 6.07) is 15.9. The van der Waals surface area contributed by atoms with E-state index in [0.717, 1.165) is 11.1 Å². The summed E-state index contributed by atoms with van der Waals surface area (Å²) in [5.41, 5.74) is 1.50. The van der Waals surface area contributed by atoms with Crippen LogP contribution >= 0.6 is 11.6 Å². The van der Waals surface area contributed by atoms with Gasteiger partial charge in [-0.2, -0.15) is 0 Å². The van der Waals surface area contributed by atoms with Gasteiger partial charge in [0.05, 0.1) is 0 Å². The Morgan fingerprint density at radius 3 is 2.56 bits per heavy atom. The molecular weight excluding hydrogens is 370 g/mol. The maximum atomic E-state index is 11.8. The van der Waals surface area contributed by atoms with Crippen LogP contribution in [0.5, 0.6) is 0 Å². The lowest BCUT2D eigenvalue weighted by molar-refractivity contribution is -0.142. The van der Waals surface area contributed by atoms with Gasteiger partial charge in [-0.05, 0) is 35.9 Å². The molecule has 3 aromatic rings. The summed E-state index contributed by atoms with van der Waals surface area (Å²) in [5, 5.41) is 10.5. The van der Waals surface area contributed by atoms with Crippen LogP contribution in [0.25, 0.3) is 17.5 Å². The zero-order valence-corrected chi connectivity index (χ0v) is 14.7. The van der Waals surface area contributed by atoms with Gasteiger partial charge >= 0.3 is 12.0 Å². The van der Waals surface area contributed by atoms with Crippen molar-refractivity contribution in [3.63, 3.8) is 0 Å². The third-order valence-electron chi connectivity index (χ3n) is 3.32. The molecule has 0 aliphatic heterocycles. The van der Waals surface area contributed by atoms with E-state index in [2.05, 4.69) is 15.5 Å². The van der Waals surface area contributed by atoms with Crippen LogP contribution in [0.3, 0.4) is 0 Å². The van der Waals surface area contributed by atoms with Gasteiger partial charge in [0.25, 0.3) is 5.91 Å². The zero-order valence-electron chi connectivity index (χ0n) is 14.0. The summed E-state index contributed by atoms with van der Waals surface area (Å²) >= 11 is 5.78. The average Bonchev–Trinajstić information content (AvgIpc) is 3.15. The molecular formula is C19H14ClN3O4. The van der Waals surface area contributed by atoms with Gasteiger partial charge in [-0.25, -0.2) is 4.79 Å². The Bertz CT molecular complexity index is 953. The molecule has 27 heavy (non-hydrogen) atoms. The minimum Gasteiger partial charge on any atom is -0.452 e. The van der Waals surface area contributed by atoms with Gasteiger partial charge in [0, 0.05) is 16.7 Å². The maximum Gasteiger partial charge on any atom is 0.331 e. The van der Waals surface area contributed by atoms with Crippen molar-refractivity contribution in [1.29, 1.82) is 0 Å². The topological polar surface area (TPSA) is 94.3 Å². The number of ether oxygens (including phenoxy) is 1. The third kappa shape index (κ3) is 5.52. The number of aromatic nitrogens is 2. The van der Waals surface area contributed by atoms with Crippen LogP contribution in [-0.4, -0.2) is 28.7 Å². The fourth-order valence-corrected chi connectivity index (χ4v) is 2.18. The van der Waals surface area contributed by atoms with Crippen molar-refractivity contribution in [3.05, 3.63) is 71.3 Å². The van der Waals surface area contributed by atoms with Crippen molar-refractivity contribution in [2.24, 2.45) is 0 Å². The highest BCUT2D eigenvalue weighted by Gasteiger charge is 2.12. The second-order valence-electron chi connectivity index (χ2n) is 5.32. The van der Waals surface area contributed by atoms with Crippen LogP contribution in [-0.2, 0) is 14.3 Å². The summed E-state index contributed by atoms with van der Waals surface area (Å²) in [4.78, 5) is 23.5. The molecule has 0 bridgehead atoms. The van der Waals surface area contributed by atoms with E-state index in [-0.39, 0.29) is 11.9 Å². The third-order valence-corrected chi connectivity index (χ3v) is 3.57. The Labute approximate surface area is 159 Å². The van der Waals surface area contributed by atoms with E-state index in [9.17, 15) is 9.59 Å². The first-order chi connectivity index (χ1) is 13.1. The average molecular weight is 384 g/mol. The second kappa shape index (κ2) is 8.77. The first-order valence-electron chi connectivity index (χ1n) is 7.89. The molecule has 0 spiro atoms. The quantitative estimate of drug-likeness (QED) is 0.516. The van der Waals surface area contributed by atoms with Gasteiger partial charge in [-0.1, -0.05) is 47.0 Å². The fraction of sp³-hybridized carbons (Fsp3) is 0.0526. The number of hydrogen-bond acceptors (Lipinski definition) is 6. The van der Waals surface area contributed by atoms with Gasteiger partial charge in [0.1, 0.15) is 0 Å². The van der Waals surface area contributed by atoms with Crippen LogP contribution in [0.2, 0.25) is 5.02 Å². The highest BCUT2D eigenvalue weighted by molar-refractivity contribution is 6.30. The number of nitrogens with one attached hydrogen (secondary N) is 1. The van der Waals surface area contributed by atoms with Gasteiger partial charge in [-0.15, -0.1) is 5.10 Å². The van der Waals surface area contributed by atoms with Gasteiger partial charge < -0.3 is 9.15 Å². The zero-order chi connectivity index (χ0) is 19.1. The summed E-state index contributed by atoms with van der Waals surface area (Å²) in [7, 11) is 0. The van der Waals surface area contributed by atoms with E-state index >= 15 is 0 Å². The van der Waals surface area contributed by atoms with Crippen molar-refractivity contribution in [2.75, 3.05) is 11.9 Å². The maximum absolute atomic E-state index is 11.8. The smallest absolute Gasteiger partial charge is 0.331 e. The molecule has 1 aromatic heterocycles. The lowest BCUT2D eigenvalue weighted by Gasteiger charge is -2.01. The Morgan fingerprint density at radius 1 is 1.07 bits per heavy atom. The summed E-state index contributed by atoms with van der Waals surface area (Å²) in [5.74, 6) is -0.976. The first kappa shape index (κ1) is 18.3.